The maximum Gasteiger partial charge on any atom is 0.471 e. The van der Waals surface area contributed by atoms with Crippen LogP contribution in [0.4, 0.5) is 26.3 Å². The molecule has 4 aliphatic rings. The molecule has 8 heterocycles. The van der Waals surface area contributed by atoms with Gasteiger partial charge in [0.2, 0.25) is 0 Å². The van der Waals surface area contributed by atoms with Gasteiger partial charge in [0.1, 0.15) is 11.6 Å². The van der Waals surface area contributed by atoms with Gasteiger partial charge in [-0.1, -0.05) is 12.1 Å². The lowest BCUT2D eigenvalue weighted by Gasteiger charge is -2.48. The van der Waals surface area contributed by atoms with Gasteiger partial charge in [-0.25, -0.2) is 14.8 Å². The molecule has 2 N–H and O–H groups in total. The molecule has 4 fully saturated rings. The molecule has 6 aromatic rings. The van der Waals surface area contributed by atoms with E-state index in [-0.39, 0.29) is 38.1 Å². The Balaban J connectivity index is 0.000000154. The second-order valence-electron chi connectivity index (χ2n) is 17.4. The number of likely N-dealkylation sites (tertiary alicyclic amines) is 1. The third-order valence-corrected chi connectivity index (χ3v) is 12.8. The Morgan fingerprint density at radius 1 is 0.565 bits per heavy atom. The number of fused-ring (bicyclic) bond motifs is 2. The van der Waals surface area contributed by atoms with E-state index in [2.05, 4.69) is 25.1 Å². The minimum absolute atomic E-state index is 0.0479. The summed E-state index contributed by atoms with van der Waals surface area (Å²) in [5, 5.41) is 13.9. The Labute approximate surface area is 392 Å². The first kappa shape index (κ1) is 48.6. The number of benzene rings is 2. The molecule has 3 amide bonds. The molecule has 10 rings (SSSR count). The van der Waals surface area contributed by atoms with Gasteiger partial charge in [0, 0.05) is 132 Å². The fraction of sp³-hybridized carbons (Fsp3) is 0.375. The van der Waals surface area contributed by atoms with Crippen LogP contribution in [0.3, 0.4) is 0 Å². The molecule has 0 unspecified atom stereocenters. The monoisotopic (exact) mass is 960 g/mol. The van der Waals surface area contributed by atoms with Gasteiger partial charge in [-0.15, -0.1) is 0 Å². The molecule has 0 bridgehead atoms. The van der Waals surface area contributed by atoms with Gasteiger partial charge in [-0.2, -0.15) is 26.3 Å². The van der Waals surface area contributed by atoms with Crippen molar-refractivity contribution in [2.45, 2.75) is 38.3 Å². The summed E-state index contributed by atoms with van der Waals surface area (Å²) in [7, 11) is 0. The first-order valence-electron chi connectivity index (χ1n) is 22.4. The van der Waals surface area contributed by atoms with Gasteiger partial charge in [0.25, 0.3) is 5.91 Å². The van der Waals surface area contributed by atoms with Gasteiger partial charge in [0.15, 0.2) is 0 Å². The second-order valence-corrected chi connectivity index (χ2v) is 17.4. The first-order valence-corrected chi connectivity index (χ1v) is 22.4. The molecule has 0 aliphatic carbocycles. The average Bonchev–Trinajstić information content (AvgIpc) is 3.92. The number of carbonyl (C=O) groups excluding carboxylic acids is 3. The van der Waals surface area contributed by atoms with Crippen molar-refractivity contribution >= 4 is 45.5 Å². The molecule has 0 spiro atoms. The maximum atomic E-state index is 13.0. The number of nitrogens with one attached hydrogen (secondary N) is 1. The zero-order valence-electron chi connectivity index (χ0n) is 37.8. The average molecular weight is 961 g/mol. The number of hydrogen-bond acceptors (Lipinski definition) is 9. The molecule has 0 saturated carbocycles. The first-order chi connectivity index (χ1) is 32.8. The van der Waals surface area contributed by atoms with E-state index in [4.69, 9.17) is 5.11 Å². The summed E-state index contributed by atoms with van der Waals surface area (Å²) in [4.78, 5) is 62.8. The number of rotatable bonds is 6. The summed E-state index contributed by atoms with van der Waals surface area (Å²) in [6, 6.07) is 23.0. The molecular weight excluding hydrogens is 911 g/mol. The van der Waals surface area contributed by atoms with Crippen molar-refractivity contribution in [1.82, 2.24) is 48.9 Å². The van der Waals surface area contributed by atoms with Crippen molar-refractivity contribution in [3.63, 3.8) is 0 Å². The van der Waals surface area contributed by atoms with Gasteiger partial charge >= 0.3 is 30.1 Å². The standard InChI is InChI=1S/C24H24F3N5O2.C15H12N2O2.C9H14F3N3O/c1-16-2-5-21(28-13-16)32-7-6-17-12-18(3-4-20(17)32)22(33)31-14-19(15-31)29-8-10-30(11-9-29)23(34)24(25,26)27;1-10-2-5-14(16-9-10)17-7-6-11-8-12(15(18)19)3-4-13(11)17;10-9(11,12)8(16)15-3-1-14(2-4-15)7-5-13-6-7/h2-7,12-13,19H,8-11,14-15H2,1H3;2-9H,1H3,(H,18,19);7,13H,1-6H2. The molecule has 364 valence electrons. The van der Waals surface area contributed by atoms with E-state index < -0.39 is 30.1 Å². The lowest BCUT2D eigenvalue weighted by atomic mass is 10.0. The van der Waals surface area contributed by atoms with Crippen LogP contribution < -0.4 is 5.32 Å². The topological polar surface area (TPSA) is 152 Å². The predicted molar refractivity (Wildman–Crippen MR) is 243 cm³/mol. The number of aromatic carboxylic acids is 1. The highest BCUT2D eigenvalue weighted by Gasteiger charge is 2.45. The van der Waals surface area contributed by atoms with Crippen molar-refractivity contribution < 1.29 is 50.6 Å². The SMILES string of the molecule is Cc1ccc(-n2ccc3cc(C(=O)N4CC(N5CCN(C(=O)C(F)(F)F)CC5)C4)ccc32)nc1.Cc1ccc(-n2ccc3cc(C(=O)O)ccc32)nc1.O=C(N1CCN(C2CNC2)CC1)C(F)(F)F. The van der Waals surface area contributed by atoms with Crippen molar-refractivity contribution in [3.05, 3.63) is 120 Å². The number of halogens is 6. The maximum absolute atomic E-state index is 13.0. The van der Waals surface area contributed by atoms with E-state index in [0.717, 1.165) is 67.5 Å². The molecule has 4 aliphatic heterocycles. The lowest BCUT2D eigenvalue weighted by Crippen LogP contribution is -2.65. The Hall–Kier alpha value is -6.84. The summed E-state index contributed by atoms with van der Waals surface area (Å²) in [6.07, 6.45) is -2.12. The molecule has 15 nitrogen and oxygen atoms in total. The molecule has 2 aromatic carbocycles. The van der Waals surface area contributed by atoms with Crippen molar-refractivity contribution in [2.75, 3.05) is 78.5 Å². The fourth-order valence-electron chi connectivity index (χ4n) is 8.66. The van der Waals surface area contributed by atoms with Crippen molar-refractivity contribution in [1.29, 1.82) is 0 Å². The molecule has 4 aromatic heterocycles. The Morgan fingerprint density at radius 2 is 1.00 bits per heavy atom. The van der Waals surface area contributed by atoms with E-state index >= 15 is 0 Å². The Kier molecular flexibility index (Phi) is 14.1. The van der Waals surface area contributed by atoms with E-state index in [1.165, 1.54) is 0 Å². The van der Waals surface area contributed by atoms with Crippen LogP contribution in [-0.4, -0.2) is 175 Å². The highest BCUT2D eigenvalue weighted by Crippen LogP contribution is 2.27. The number of hydrogen-bond donors (Lipinski definition) is 2. The highest BCUT2D eigenvalue weighted by atomic mass is 19.4. The molecule has 0 radical (unpaired) electrons. The van der Waals surface area contributed by atoms with Crippen LogP contribution in [0.5, 0.6) is 0 Å². The van der Waals surface area contributed by atoms with E-state index in [9.17, 15) is 45.5 Å². The van der Waals surface area contributed by atoms with Crippen molar-refractivity contribution in [2.24, 2.45) is 0 Å². The summed E-state index contributed by atoms with van der Waals surface area (Å²) >= 11 is 0. The van der Waals surface area contributed by atoms with Gasteiger partial charge in [-0.3, -0.25) is 24.2 Å². The lowest BCUT2D eigenvalue weighted by molar-refractivity contribution is -0.187. The van der Waals surface area contributed by atoms with E-state index in [1.54, 1.807) is 23.1 Å². The zero-order valence-corrected chi connectivity index (χ0v) is 37.8. The second kappa shape index (κ2) is 20.0. The highest BCUT2D eigenvalue weighted by molar-refractivity contribution is 5.99. The summed E-state index contributed by atoms with van der Waals surface area (Å²) in [5.74, 6) is -2.84. The Bertz CT molecular complexity index is 2800. The van der Waals surface area contributed by atoms with Crippen LogP contribution in [0.2, 0.25) is 0 Å². The number of piperazine rings is 2. The van der Waals surface area contributed by atoms with Crippen LogP contribution in [0, 0.1) is 13.8 Å². The van der Waals surface area contributed by atoms with Gasteiger partial charge in [-0.05, 0) is 85.6 Å². The third kappa shape index (κ3) is 11.1. The van der Waals surface area contributed by atoms with Crippen LogP contribution in [0.15, 0.2) is 97.6 Å². The smallest absolute Gasteiger partial charge is 0.471 e. The van der Waals surface area contributed by atoms with Gasteiger partial charge < -0.3 is 34.3 Å². The minimum Gasteiger partial charge on any atom is -0.478 e. The minimum atomic E-state index is -4.83. The number of pyridine rings is 2. The van der Waals surface area contributed by atoms with E-state index in [1.807, 2.05) is 102 Å². The number of carboxylic acid groups (broad SMARTS) is 1. The number of alkyl halides is 6. The zero-order chi connectivity index (χ0) is 49.2. The number of aromatic nitrogens is 4. The third-order valence-electron chi connectivity index (χ3n) is 12.8. The Morgan fingerprint density at radius 3 is 1.39 bits per heavy atom. The number of carbonyl (C=O) groups is 4. The summed E-state index contributed by atoms with van der Waals surface area (Å²) < 4.78 is 78.2. The molecule has 4 saturated heterocycles. The number of aryl methyl sites for hydroxylation is 2. The molecule has 69 heavy (non-hydrogen) atoms. The summed E-state index contributed by atoms with van der Waals surface area (Å²) in [5.41, 5.74) is 4.98. The summed E-state index contributed by atoms with van der Waals surface area (Å²) in [6.45, 7) is 9.09. The molecule has 0 atom stereocenters. The number of carboxylic acids is 1. The predicted octanol–water partition coefficient (Wildman–Crippen LogP) is 5.56. The van der Waals surface area contributed by atoms with Crippen LogP contribution in [0.1, 0.15) is 31.8 Å². The van der Waals surface area contributed by atoms with Crippen molar-refractivity contribution in [3.8, 4) is 11.6 Å². The fourth-order valence-corrected chi connectivity index (χ4v) is 8.66. The largest absolute Gasteiger partial charge is 0.478 e. The van der Waals surface area contributed by atoms with Crippen LogP contribution in [0.25, 0.3) is 33.4 Å². The van der Waals surface area contributed by atoms with Crippen LogP contribution in [-0.2, 0) is 9.59 Å². The number of amides is 3. The quantitative estimate of drug-likeness (QED) is 0.203. The number of nitrogens with zero attached hydrogens (tertiary/aromatic N) is 9. The van der Waals surface area contributed by atoms with E-state index in [0.29, 0.717) is 56.4 Å². The molecular formula is C48H50F6N10O5. The normalized spacial score (nSPS) is 17.4. The van der Waals surface area contributed by atoms with Crippen LogP contribution >= 0.6 is 0 Å². The van der Waals surface area contributed by atoms with Gasteiger partial charge in [0.05, 0.1) is 16.6 Å². The molecule has 21 heteroatoms.